The Hall–Kier alpha value is -3.74. The van der Waals surface area contributed by atoms with Gasteiger partial charge in [0.05, 0.1) is 0 Å². The van der Waals surface area contributed by atoms with E-state index in [4.69, 9.17) is 9.52 Å². The van der Waals surface area contributed by atoms with Crippen molar-refractivity contribution < 1.29 is 23.9 Å². The van der Waals surface area contributed by atoms with Crippen molar-refractivity contribution in [1.82, 2.24) is 10.3 Å². The molecule has 142 valence electrons. The number of carboxylic acid groups (broad SMARTS) is 1. The van der Waals surface area contributed by atoms with Crippen LogP contribution in [-0.2, 0) is 16.0 Å². The van der Waals surface area contributed by atoms with E-state index in [1.54, 1.807) is 61.5 Å². The number of ketones is 1. The maximum atomic E-state index is 12.8. The second-order valence-corrected chi connectivity index (χ2v) is 6.16. The lowest BCUT2D eigenvalue weighted by Crippen LogP contribution is -2.45. The van der Waals surface area contributed by atoms with Gasteiger partial charge in [-0.1, -0.05) is 60.7 Å². The molecule has 0 bridgehead atoms. The third-order valence-electron chi connectivity index (χ3n) is 4.10. The highest BCUT2D eigenvalue weighted by Crippen LogP contribution is 2.24. The molecule has 28 heavy (non-hydrogen) atoms. The predicted octanol–water partition coefficient (Wildman–Crippen LogP) is 2.64. The molecule has 0 saturated heterocycles. The van der Waals surface area contributed by atoms with Gasteiger partial charge in [-0.05, 0) is 5.56 Å². The summed E-state index contributed by atoms with van der Waals surface area (Å²) in [5.74, 6) is -3.20. The zero-order valence-corrected chi connectivity index (χ0v) is 15.1. The van der Waals surface area contributed by atoms with Gasteiger partial charge in [0.1, 0.15) is 11.7 Å². The van der Waals surface area contributed by atoms with Crippen LogP contribution < -0.4 is 5.32 Å². The molecule has 1 heterocycles. The van der Waals surface area contributed by atoms with E-state index in [-0.39, 0.29) is 18.1 Å². The van der Waals surface area contributed by atoms with Crippen LogP contribution in [0.25, 0.3) is 11.3 Å². The summed E-state index contributed by atoms with van der Waals surface area (Å²) in [5, 5.41) is 11.6. The Morgan fingerprint density at radius 3 is 2.25 bits per heavy atom. The zero-order chi connectivity index (χ0) is 20.1. The molecule has 7 heteroatoms. The van der Waals surface area contributed by atoms with Crippen LogP contribution in [-0.4, -0.2) is 33.8 Å². The molecule has 1 amide bonds. The third kappa shape index (κ3) is 4.32. The molecule has 0 spiro atoms. The quantitative estimate of drug-likeness (QED) is 0.612. The van der Waals surface area contributed by atoms with Crippen LogP contribution in [0.1, 0.15) is 22.0 Å². The number of carboxylic acids is 1. The molecule has 0 fully saturated rings. The fourth-order valence-corrected chi connectivity index (χ4v) is 2.80. The van der Waals surface area contributed by atoms with E-state index in [0.717, 1.165) is 5.56 Å². The van der Waals surface area contributed by atoms with Gasteiger partial charge in [0.2, 0.25) is 5.76 Å². The van der Waals surface area contributed by atoms with Crippen LogP contribution in [0.15, 0.2) is 65.1 Å². The molecule has 1 atom stereocenters. The lowest BCUT2D eigenvalue weighted by molar-refractivity contribution is -0.149. The standard InChI is InChI=1S/C21H18N2O5/c1-13-22-17(15-10-6-3-7-11-15)19(28-13)20(25)23-16(18(24)21(26)27)12-14-8-4-2-5-9-14/h2-11,16H,12H2,1H3,(H,23,25)(H,26,27). The Bertz CT molecular complexity index is 996. The minimum atomic E-state index is -1.61. The van der Waals surface area contributed by atoms with Crippen molar-refractivity contribution in [3.8, 4) is 11.3 Å². The summed E-state index contributed by atoms with van der Waals surface area (Å²) in [6.07, 6.45) is 0.0471. The first-order chi connectivity index (χ1) is 13.5. The van der Waals surface area contributed by atoms with Gasteiger partial charge in [0.25, 0.3) is 11.7 Å². The first-order valence-electron chi connectivity index (χ1n) is 8.60. The fraction of sp³-hybridized carbons (Fsp3) is 0.143. The average Bonchev–Trinajstić information content (AvgIpc) is 3.10. The van der Waals surface area contributed by atoms with E-state index in [1.807, 2.05) is 6.07 Å². The van der Waals surface area contributed by atoms with Crippen LogP contribution in [0.2, 0.25) is 0 Å². The Labute approximate surface area is 161 Å². The summed E-state index contributed by atoms with van der Waals surface area (Å²) >= 11 is 0. The minimum Gasteiger partial charge on any atom is -0.475 e. The Morgan fingerprint density at radius 2 is 1.64 bits per heavy atom. The monoisotopic (exact) mass is 378 g/mol. The summed E-state index contributed by atoms with van der Waals surface area (Å²) in [6.45, 7) is 1.60. The van der Waals surface area contributed by atoms with Crippen molar-refractivity contribution in [3.63, 3.8) is 0 Å². The second kappa shape index (κ2) is 8.30. The van der Waals surface area contributed by atoms with Crippen molar-refractivity contribution in [3.05, 3.63) is 77.9 Å². The predicted molar refractivity (Wildman–Crippen MR) is 101 cm³/mol. The van der Waals surface area contributed by atoms with E-state index in [9.17, 15) is 14.4 Å². The smallest absolute Gasteiger partial charge is 0.374 e. The molecule has 0 radical (unpaired) electrons. The average molecular weight is 378 g/mol. The SMILES string of the molecule is Cc1nc(-c2ccccc2)c(C(=O)NC(Cc2ccccc2)C(=O)C(=O)O)o1. The molecule has 7 nitrogen and oxygen atoms in total. The molecule has 3 rings (SSSR count). The van der Waals surface area contributed by atoms with Crippen LogP contribution in [0.5, 0.6) is 0 Å². The highest BCUT2D eigenvalue weighted by atomic mass is 16.4. The van der Waals surface area contributed by atoms with Gasteiger partial charge in [-0.2, -0.15) is 0 Å². The van der Waals surface area contributed by atoms with Crippen molar-refractivity contribution in [1.29, 1.82) is 0 Å². The highest BCUT2D eigenvalue weighted by molar-refractivity contribution is 6.35. The third-order valence-corrected chi connectivity index (χ3v) is 4.10. The molecule has 0 saturated carbocycles. The number of oxazole rings is 1. The fourth-order valence-electron chi connectivity index (χ4n) is 2.80. The van der Waals surface area contributed by atoms with Crippen molar-refractivity contribution in [2.75, 3.05) is 0 Å². The van der Waals surface area contributed by atoms with E-state index >= 15 is 0 Å². The number of Topliss-reactive ketones (excluding diaryl/α,β-unsaturated/α-hetero) is 1. The molecule has 1 aromatic heterocycles. The van der Waals surface area contributed by atoms with Gasteiger partial charge in [0.15, 0.2) is 5.89 Å². The maximum Gasteiger partial charge on any atom is 0.374 e. The second-order valence-electron chi connectivity index (χ2n) is 6.16. The number of carbonyl (C=O) groups is 3. The molecular weight excluding hydrogens is 360 g/mol. The number of nitrogens with one attached hydrogen (secondary N) is 1. The molecule has 0 aliphatic carbocycles. The number of benzene rings is 2. The number of aryl methyl sites for hydroxylation is 1. The molecule has 2 aromatic carbocycles. The number of carbonyl (C=O) groups excluding carboxylic acids is 2. The van der Waals surface area contributed by atoms with Gasteiger partial charge in [-0.15, -0.1) is 0 Å². The first kappa shape index (κ1) is 19.0. The number of amides is 1. The van der Waals surface area contributed by atoms with Gasteiger partial charge in [-0.3, -0.25) is 9.59 Å². The Balaban J connectivity index is 1.88. The van der Waals surface area contributed by atoms with Gasteiger partial charge in [-0.25, -0.2) is 9.78 Å². The van der Waals surface area contributed by atoms with Gasteiger partial charge >= 0.3 is 5.97 Å². The summed E-state index contributed by atoms with van der Waals surface area (Å²) in [6, 6.07) is 16.6. The highest BCUT2D eigenvalue weighted by Gasteiger charge is 2.29. The lowest BCUT2D eigenvalue weighted by Gasteiger charge is -2.15. The number of rotatable bonds is 7. The molecule has 0 aliphatic rings. The number of aromatic nitrogens is 1. The van der Waals surface area contributed by atoms with Crippen LogP contribution in [0, 0.1) is 6.92 Å². The number of hydrogen-bond donors (Lipinski definition) is 2. The minimum absolute atomic E-state index is 0.0471. The van der Waals surface area contributed by atoms with Crippen molar-refractivity contribution in [2.24, 2.45) is 0 Å². The van der Waals surface area contributed by atoms with E-state index in [2.05, 4.69) is 10.3 Å². The molecule has 2 N–H and O–H groups in total. The molecule has 1 unspecified atom stereocenters. The lowest BCUT2D eigenvalue weighted by atomic mass is 10.0. The van der Waals surface area contributed by atoms with E-state index in [0.29, 0.717) is 11.3 Å². The zero-order valence-electron chi connectivity index (χ0n) is 15.1. The van der Waals surface area contributed by atoms with E-state index in [1.165, 1.54) is 0 Å². The largest absolute Gasteiger partial charge is 0.475 e. The Morgan fingerprint density at radius 1 is 1.04 bits per heavy atom. The van der Waals surface area contributed by atoms with Gasteiger partial charge < -0.3 is 14.8 Å². The van der Waals surface area contributed by atoms with Crippen molar-refractivity contribution >= 4 is 17.7 Å². The summed E-state index contributed by atoms with van der Waals surface area (Å²) in [5.41, 5.74) is 1.73. The number of nitrogens with zero attached hydrogens (tertiary/aromatic N) is 1. The molecule has 3 aromatic rings. The number of aliphatic carboxylic acids is 1. The van der Waals surface area contributed by atoms with Crippen LogP contribution in [0.4, 0.5) is 0 Å². The van der Waals surface area contributed by atoms with Crippen LogP contribution in [0.3, 0.4) is 0 Å². The summed E-state index contributed by atoms with van der Waals surface area (Å²) < 4.78 is 5.44. The van der Waals surface area contributed by atoms with Crippen molar-refractivity contribution in [2.45, 2.75) is 19.4 Å². The van der Waals surface area contributed by atoms with E-state index < -0.39 is 23.7 Å². The number of hydrogen-bond acceptors (Lipinski definition) is 5. The normalized spacial score (nSPS) is 11.6. The molecular formula is C21H18N2O5. The summed E-state index contributed by atoms with van der Waals surface area (Å²) in [7, 11) is 0. The maximum absolute atomic E-state index is 12.8. The Kier molecular flexibility index (Phi) is 5.64. The van der Waals surface area contributed by atoms with Crippen LogP contribution >= 0.6 is 0 Å². The topological polar surface area (TPSA) is 110 Å². The van der Waals surface area contributed by atoms with Gasteiger partial charge in [0, 0.05) is 18.9 Å². The first-order valence-corrected chi connectivity index (χ1v) is 8.60. The molecule has 0 aliphatic heterocycles. The summed E-state index contributed by atoms with van der Waals surface area (Å²) in [4.78, 5) is 40.4.